The number of ether oxygens (including phenoxy) is 1. The molecule has 1 amide bonds. The van der Waals surface area contributed by atoms with Crippen LogP contribution in [-0.2, 0) is 14.3 Å². The number of carbonyl (C=O) groups is 3. The first-order valence-electron chi connectivity index (χ1n) is 4.78. The molecule has 0 unspecified atom stereocenters. The van der Waals surface area contributed by atoms with Gasteiger partial charge in [0.15, 0.2) is 0 Å². The van der Waals surface area contributed by atoms with Crippen molar-refractivity contribution in [2.75, 3.05) is 13.1 Å². The molecule has 3 N–H and O–H groups in total. The number of amides is 1. The number of nitrogens with zero attached hydrogens (tertiary/aromatic N) is 1. The number of carboxylic acids is 2. The summed E-state index contributed by atoms with van der Waals surface area (Å²) in [6.45, 7) is 3.62. The van der Waals surface area contributed by atoms with Crippen molar-refractivity contribution in [3.8, 4) is 0 Å². The predicted molar refractivity (Wildman–Crippen MR) is 56.2 cm³/mol. The van der Waals surface area contributed by atoms with Crippen molar-refractivity contribution < 1.29 is 29.3 Å². The van der Waals surface area contributed by atoms with Crippen LogP contribution < -0.4 is 5.43 Å². The molecule has 0 aromatic carbocycles. The van der Waals surface area contributed by atoms with E-state index in [0.29, 0.717) is 0 Å². The molecule has 8 nitrogen and oxygen atoms in total. The van der Waals surface area contributed by atoms with Crippen LogP contribution >= 0.6 is 0 Å². The third-order valence-electron chi connectivity index (χ3n) is 1.30. The van der Waals surface area contributed by atoms with Crippen molar-refractivity contribution in [1.82, 2.24) is 10.4 Å². The fraction of sp³-hybridized carbons (Fsp3) is 0.667. The summed E-state index contributed by atoms with van der Waals surface area (Å²) < 4.78 is 4.85. The van der Waals surface area contributed by atoms with Crippen molar-refractivity contribution in [1.29, 1.82) is 0 Å². The summed E-state index contributed by atoms with van der Waals surface area (Å²) in [6.07, 6.45) is -0.903. The third kappa shape index (κ3) is 9.12. The van der Waals surface area contributed by atoms with Gasteiger partial charge in [-0.2, -0.15) is 5.01 Å². The summed E-state index contributed by atoms with van der Waals surface area (Å²) >= 11 is 0. The Kier molecular flexibility index (Phi) is 5.39. The van der Waals surface area contributed by atoms with Gasteiger partial charge in [0, 0.05) is 0 Å². The lowest BCUT2D eigenvalue weighted by Gasteiger charge is -2.23. The van der Waals surface area contributed by atoms with E-state index in [4.69, 9.17) is 14.9 Å². The van der Waals surface area contributed by atoms with Crippen LogP contribution in [0.15, 0.2) is 0 Å². The Hall–Kier alpha value is -1.83. The second kappa shape index (κ2) is 6.04. The van der Waals surface area contributed by atoms with E-state index in [2.05, 4.69) is 0 Å². The molecule has 0 bridgehead atoms. The molecule has 0 radical (unpaired) electrons. The smallest absolute Gasteiger partial charge is 0.422 e. The van der Waals surface area contributed by atoms with E-state index in [9.17, 15) is 14.4 Å². The number of aliphatic carboxylic acids is 2. The number of hydrogen-bond donors (Lipinski definition) is 3. The zero-order chi connectivity index (χ0) is 13.6. The van der Waals surface area contributed by atoms with E-state index < -0.39 is 36.7 Å². The second-order valence-corrected chi connectivity index (χ2v) is 4.26. The molecular weight excluding hydrogens is 232 g/mol. The summed E-state index contributed by atoms with van der Waals surface area (Å²) in [4.78, 5) is 32.1. The Morgan fingerprint density at radius 1 is 1.12 bits per heavy atom. The summed E-state index contributed by atoms with van der Waals surface area (Å²) in [7, 11) is 0. The Bertz CT molecular complexity index is 293. The lowest BCUT2D eigenvalue weighted by atomic mass is 10.2. The Morgan fingerprint density at radius 3 is 1.82 bits per heavy atom. The highest BCUT2D eigenvalue weighted by Gasteiger charge is 2.20. The quantitative estimate of drug-likeness (QED) is 0.581. The van der Waals surface area contributed by atoms with Gasteiger partial charge in [0.25, 0.3) is 0 Å². The molecule has 0 rings (SSSR count). The van der Waals surface area contributed by atoms with E-state index in [1.807, 2.05) is 5.43 Å². The van der Waals surface area contributed by atoms with Crippen LogP contribution in [0.25, 0.3) is 0 Å². The molecule has 0 aliphatic carbocycles. The molecule has 0 saturated carbocycles. The average molecular weight is 248 g/mol. The standard InChI is InChI=1S/C9H16N2O6/c1-9(2,3)17-8(16)10-11(4-6(12)13)5-7(14)15/h4-5H2,1-3H3,(H,10,16)(H,12,13)(H,14,15). The van der Waals surface area contributed by atoms with E-state index in [1.54, 1.807) is 20.8 Å². The number of rotatable bonds is 5. The summed E-state index contributed by atoms with van der Waals surface area (Å²) in [5.74, 6) is -2.52. The zero-order valence-corrected chi connectivity index (χ0v) is 9.89. The van der Waals surface area contributed by atoms with E-state index >= 15 is 0 Å². The monoisotopic (exact) mass is 248 g/mol. The second-order valence-electron chi connectivity index (χ2n) is 4.26. The number of hydrogen-bond acceptors (Lipinski definition) is 5. The van der Waals surface area contributed by atoms with Crippen LogP contribution in [0.4, 0.5) is 4.79 Å². The molecular formula is C9H16N2O6. The minimum atomic E-state index is -1.26. The lowest BCUT2D eigenvalue weighted by molar-refractivity contribution is -0.142. The molecule has 98 valence electrons. The fourth-order valence-electron chi connectivity index (χ4n) is 0.892. The highest BCUT2D eigenvalue weighted by molar-refractivity contribution is 5.74. The molecule has 8 heteroatoms. The van der Waals surface area contributed by atoms with Crippen molar-refractivity contribution in [3.05, 3.63) is 0 Å². The van der Waals surface area contributed by atoms with Crippen LogP contribution in [0.5, 0.6) is 0 Å². The van der Waals surface area contributed by atoms with Gasteiger partial charge in [0.05, 0.1) is 0 Å². The van der Waals surface area contributed by atoms with E-state index in [0.717, 1.165) is 5.01 Å². The maximum Gasteiger partial charge on any atom is 0.422 e. The Labute approximate surface area is 98.1 Å². The van der Waals surface area contributed by atoms with Gasteiger partial charge in [0.2, 0.25) is 0 Å². The van der Waals surface area contributed by atoms with Crippen LogP contribution in [0.3, 0.4) is 0 Å². The van der Waals surface area contributed by atoms with Crippen LogP contribution in [0.2, 0.25) is 0 Å². The summed E-state index contributed by atoms with van der Waals surface area (Å²) in [5.41, 5.74) is 1.30. The summed E-state index contributed by atoms with van der Waals surface area (Å²) in [6, 6.07) is 0. The molecule has 17 heavy (non-hydrogen) atoms. The normalized spacial score (nSPS) is 11.1. The molecule has 0 spiro atoms. The van der Waals surface area contributed by atoms with Gasteiger partial charge in [-0.05, 0) is 20.8 Å². The van der Waals surface area contributed by atoms with Crippen LogP contribution in [0, 0.1) is 0 Å². The van der Waals surface area contributed by atoms with Crippen molar-refractivity contribution >= 4 is 18.0 Å². The first-order valence-corrected chi connectivity index (χ1v) is 4.78. The number of nitrogens with one attached hydrogen (secondary N) is 1. The Morgan fingerprint density at radius 2 is 1.53 bits per heavy atom. The molecule has 0 fully saturated rings. The first kappa shape index (κ1) is 15.2. The fourth-order valence-corrected chi connectivity index (χ4v) is 0.892. The molecule has 0 aliphatic heterocycles. The van der Waals surface area contributed by atoms with Gasteiger partial charge in [-0.25, -0.2) is 4.79 Å². The number of carboxylic acid groups (broad SMARTS) is 2. The third-order valence-corrected chi connectivity index (χ3v) is 1.30. The van der Waals surface area contributed by atoms with Crippen molar-refractivity contribution in [2.24, 2.45) is 0 Å². The van der Waals surface area contributed by atoms with Gasteiger partial charge in [0.1, 0.15) is 18.7 Å². The molecule has 0 aromatic rings. The number of carbonyl (C=O) groups excluding carboxylic acids is 1. The van der Waals surface area contributed by atoms with Gasteiger partial charge >= 0.3 is 18.0 Å². The topological polar surface area (TPSA) is 116 Å². The highest BCUT2D eigenvalue weighted by atomic mass is 16.6. The summed E-state index contributed by atoms with van der Waals surface area (Å²) in [5, 5.41) is 17.8. The molecule has 0 saturated heterocycles. The maximum absolute atomic E-state index is 11.3. The van der Waals surface area contributed by atoms with Crippen LogP contribution in [-0.4, -0.2) is 51.9 Å². The van der Waals surface area contributed by atoms with Gasteiger partial charge in [-0.15, -0.1) is 0 Å². The van der Waals surface area contributed by atoms with Crippen molar-refractivity contribution in [3.63, 3.8) is 0 Å². The predicted octanol–water partition coefficient (Wildman–Crippen LogP) is -0.103. The van der Waals surface area contributed by atoms with E-state index in [-0.39, 0.29) is 0 Å². The van der Waals surface area contributed by atoms with Crippen LogP contribution in [0.1, 0.15) is 20.8 Å². The largest absolute Gasteiger partial charge is 0.480 e. The minimum Gasteiger partial charge on any atom is -0.480 e. The van der Waals surface area contributed by atoms with Gasteiger partial charge < -0.3 is 14.9 Å². The Balaban J connectivity index is 4.37. The van der Waals surface area contributed by atoms with E-state index in [1.165, 1.54) is 0 Å². The van der Waals surface area contributed by atoms with Crippen molar-refractivity contribution in [2.45, 2.75) is 26.4 Å². The first-order chi connectivity index (χ1) is 7.60. The average Bonchev–Trinajstić information content (AvgIpc) is 1.95. The molecule has 0 aromatic heterocycles. The zero-order valence-electron chi connectivity index (χ0n) is 9.89. The van der Waals surface area contributed by atoms with Gasteiger partial charge in [-0.3, -0.25) is 15.0 Å². The molecule has 0 aliphatic rings. The van der Waals surface area contributed by atoms with Gasteiger partial charge in [-0.1, -0.05) is 0 Å². The number of hydrazine groups is 1. The lowest BCUT2D eigenvalue weighted by Crippen LogP contribution is -2.49. The SMILES string of the molecule is CC(C)(C)OC(=O)NN(CC(=O)O)CC(=O)O. The molecule has 0 heterocycles. The maximum atomic E-state index is 11.3. The minimum absolute atomic E-state index is 0.633. The highest BCUT2D eigenvalue weighted by Crippen LogP contribution is 2.06. The molecule has 0 atom stereocenters.